The van der Waals surface area contributed by atoms with Gasteiger partial charge in [-0.05, 0) is 19.8 Å². The van der Waals surface area contributed by atoms with Gasteiger partial charge >= 0.3 is 0 Å². The van der Waals surface area contributed by atoms with Crippen molar-refractivity contribution in [2.75, 3.05) is 0 Å². The van der Waals surface area contributed by atoms with Crippen molar-refractivity contribution in [3.05, 3.63) is 11.7 Å². The van der Waals surface area contributed by atoms with Gasteiger partial charge in [-0.2, -0.15) is 4.98 Å². The molecule has 1 saturated carbocycles. The maximum Gasteiger partial charge on any atom is 0.293 e. The normalized spacial score (nSPS) is 18.3. The molecule has 13 heavy (non-hydrogen) atoms. The predicted molar refractivity (Wildman–Crippen MR) is 44.1 cm³/mol. The van der Waals surface area contributed by atoms with Crippen LogP contribution < -0.4 is 5.32 Å². The van der Waals surface area contributed by atoms with E-state index in [1.54, 1.807) is 6.92 Å². The molecule has 1 aromatic rings. The van der Waals surface area contributed by atoms with Crippen LogP contribution in [0.15, 0.2) is 4.52 Å². The number of hydrogen-bond donors (Lipinski definition) is 1. The molecule has 1 heterocycles. The van der Waals surface area contributed by atoms with Crippen molar-refractivity contribution in [3.63, 3.8) is 0 Å². The van der Waals surface area contributed by atoms with Crippen molar-refractivity contribution in [1.29, 1.82) is 0 Å². The van der Waals surface area contributed by atoms with Gasteiger partial charge in [0.15, 0.2) is 0 Å². The lowest BCUT2D eigenvalue weighted by molar-refractivity contribution is 0.0922. The van der Waals surface area contributed by atoms with Crippen molar-refractivity contribution in [2.45, 2.75) is 32.2 Å². The molecule has 0 aliphatic heterocycles. The Balaban J connectivity index is 2.05. The number of nitrogens with one attached hydrogen (secondary N) is 1. The lowest BCUT2D eigenvalue weighted by Gasteiger charge is -2.07. The molecule has 1 aliphatic rings. The molecule has 5 nitrogen and oxygen atoms in total. The Morgan fingerprint density at radius 3 is 2.77 bits per heavy atom. The van der Waals surface area contributed by atoms with Crippen LogP contribution in [0.1, 0.15) is 36.3 Å². The third-order valence-corrected chi connectivity index (χ3v) is 2.15. The van der Waals surface area contributed by atoms with Crippen molar-refractivity contribution < 1.29 is 9.32 Å². The zero-order valence-corrected chi connectivity index (χ0v) is 7.63. The molecule has 2 rings (SSSR count). The molecule has 1 amide bonds. The molecule has 5 heteroatoms. The smallest absolute Gasteiger partial charge is 0.293 e. The highest BCUT2D eigenvalue weighted by atomic mass is 16.5. The Morgan fingerprint density at radius 1 is 1.62 bits per heavy atom. The highest BCUT2D eigenvalue weighted by Gasteiger charge is 2.39. The third kappa shape index (κ3) is 1.68. The van der Waals surface area contributed by atoms with Crippen LogP contribution in [-0.2, 0) is 0 Å². The first-order chi connectivity index (χ1) is 6.09. The van der Waals surface area contributed by atoms with E-state index in [1.807, 2.05) is 6.92 Å². The minimum Gasteiger partial charge on any atom is -0.344 e. The van der Waals surface area contributed by atoms with Crippen molar-refractivity contribution >= 4 is 5.91 Å². The van der Waals surface area contributed by atoms with Crippen molar-refractivity contribution in [2.24, 2.45) is 0 Å². The average molecular weight is 181 g/mol. The van der Waals surface area contributed by atoms with E-state index in [0.717, 1.165) is 12.8 Å². The largest absolute Gasteiger partial charge is 0.344 e. The Bertz CT molecular complexity index is 341. The molecule has 0 atom stereocenters. The van der Waals surface area contributed by atoms with Crippen LogP contribution >= 0.6 is 0 Å². The molecule has 1 fully saturated rings. The van der Waals surface area contributed by atoms with E-state index in [4.69, 9.17) is 4.52 Å². The van der Waals surface area contributed by atoms with Gasteiger partial charge in [-0.25, -0.2) is 0 Å². The fourth-order valence-corrected chi connectivity index (χ4v) is 1.03. The van der Waals surface area contributed by atoms with Gasteiger partial charge in [0.1, 0.15) is 0 Å². The highest BCUT2D eigenvalue weighted by Crippen LogP contribution is 2.34. The summed E-state index contributed by atoms with van der Waals surface area (Å²) >= 11 is 0. The molecular weight excluding hydrogens is 170 g/mol. The Labute approximate surface area is 75.5 Å². The van der Waals surface area contributed by atoms with E-state index < -0.39 is 0 Å². The van der Waals surface area contributed by atoms with Gasteiger partial charge in [-0.15, -0.1) is 0 Å². The quantitative estimate of drug-likeness (QED) is 0.727. The number of aromatic nitrogens is 2. The van der Waals surface area contributed by atoms with Crippen LogP contribution in [0.25, 0.3) is 0 Å². The monoisotopic (exact) mass is 181 g/mol. The Morgan fingerprint density at radius 2 is 2.31 bits per heavy atom. The van der Waals surface area contributed by atoms with Crippen LogP contribution in [0.4, 0.5) is 0 Å². The summed E-state index contributed by atoms with van der Waals surface area (Å²) in [5, 5.41) is 6.37. The lowest BCUT2D eigenvalue weighted by atomic mass is 10.3. The van der Waals surface area contributed by atoms with Crippen LogP contribution in [0.3, 0.4) is 0 Å². The maximum absolute atomic E-state index is 11.4. The van der Waals surface area contributed by atoms with Crippen molar-refractivity contribution in [1.82, 2.24) is 15.5 Å². The predicted octanol–water partition coefficient (Wildman–Crippen LogP) is 0.660. The number of hydrogen-bond acceptors (Lipinski definition) is 4. The molecule has 0 saturated heterocycles. The second kappa shape index (κ2) is 2.55. The molecule has 70 valence electrons. The maximum atomic E-state index is 11.4. The fraction of sp³-hybridized carbons (Fsp3) is 0.625. The minimum atomic E-state index is -0.253. The zero-order chi connectivity index (χ0) is 9.47. The SMILES string of the molecule is Cc1nc(C(=O)NC2(C)CC2)no1. The number of amides is 1. The molecule has 1 aromatic heterocycles. The highest BCUT2D eigenvalue weighted by molar-refractivity contribution is 5.91. The van der Waals surface area contributed by atoms with Crippen LogP contribution in [0, 0.1) is 6.92 Å². The molecule has 0 radical (unpaired) electrons. The van der Waals surface area contributed by atoms with Gasteiger partial charge in [-0.1, -0.05) is 5.16 Å². The number of aryl methyl sites for hydroxylation is 1. The first-order valence-electron chi connectivity index (χ1n) is 4.22. The topological polar surface area (TPSA) is 68.0 Å². The average Bonchev–Trinajstić information content (AvgIpc) is 2.62. The van der Waals surface area contributed by atoms with Crippen LogP contribution in [0.2, 0.25) is 0 Å². The van der Waals surface area contributed by atoms with Crippen LogP contribution in [0.5, 0.6) is 0 Å². The van der Waals surface area contributed by atoms with Gasteiger partial charge in [0, 0.05) is 12.5 Å². The summed E-state index contributed by atoms with van der Waals surface area (Å²) in [6.45, 7) is 3.65. The van der Waals surface area contributed by atoms with Gasteiger partial charge in [0.25, 0.3) is 11.7 Å². The zero-order valence-electron chi connectivity index (χ0n) is 7.63. The fourth-order valence-electron chi connectivity index (χ4n) is 1.03. The van der Waals surface area contributed by atoms with E-state index in [9.17, 15) is 4.79 Å². The standard InChI is InChI=1S/C8H11N3O2/c1-5-9-6(11-13-5)7(12)10-8(2)3-4-8/h3-4H2,1-2H3,(H,10,12). The first-order valence-corrected chi connectivity index (χ1v) is 4.22. The number of rotatable bonds is 2. The van der Waals surface area contributed by atoms with Gasteiger partial charge in [0.2, 0.25) is 5.89 Å². The molecule has 0 bridgehead atoms. The molecule has 0 unspecified atom stereocenters. The van der Waals surface area contributed by atoms with Crippen molar-refractivity contribution in [3.8, 4) is 0 Å². The Hall–Kier alpha value is -1.39. The second-order valence-electron chi connectivity index (χ2n) is 3.65. The molecule has 0 aromatic carbocycles. The summed E-state index contributed by atoms with van der Waals surface area (Å²) in [6.07, 6.45) is 2.05. The van der Waals surface area contributed by atoms with E-state index in [2.05, 4.69) is 15.5 Å². The summed E-state index contributed by atoms with van der Waals surface area (Å²) in [7, 11) is 0. The summed E-state index contributed by atoms with van der Waals surface area (Å²) < 4.78 is 4.70. The second-order valence-corrected chi connectivity index (χ2v) is 3.65. The Kier molecular flexibility index (Phi) is 1.61. The summed E-state index contributed by atoms with van der Waals surface area (Å²) in [4.78, 5) is 15.3. The summed E-state index contributed by atoms with van der Waals surface area (Å²) in [5.74, 6) is 0.272. The van der Waals surface area contributed by atoms with E-state index in [-0.39, 0.29) is 17.3 Å². The van der Waals surface area contributed by atoms with E-state index in [0.29, 0.717) is 5.89 Å². The van der Waals surface area contributed by atoms with Gasteiger partial charge < -0.3 is 9.84 Å². The molecule has 1 aliphatic carbocycles. The summed E-state index contributed by atoms with van der Waals surface area (Å²) in [5.41, 5.74) is -0.0361. The third-order valence-electron chi connectivity index (χ3n) is 2.15. The summed E-state index contributed by atoms with van der Waals surface area (Å²) in [6, 6.07) is 0. The van der Waals surface area contributed by atoms with E-state index >= 15 is 0 Å². The first kappa shape index (κ1) is 8.22. The lowest BCUT2D eigenvalue weighted by Crippen LogP contribution is -2.34. The van der Waals surface area contributed by atoms with Crippen LogP contribution in [-0.4, -0.2) is 21.6 Å². The molecular formula is C8H11N3O2. The number of carbonyl (C=O) groups excluding carboxylic acids is 1. The molecule has 1 N–H and O–H groups in total. The minimum absolute atomic E-state index is 0.0361. The van der Waals surface area contributed by atoms with Gasteiger partial charge in [0.05, 0.1) is 0 Å². The number of carbonyl (C=O) groups is 1. The molecule has 0 spiro atoms. The number of nitrogens with zero attached hydrogens (tertiary/aromatic N) is 2. The van der Waals surface area contributed by atoms with Gasteiger partial charge in [-0.3, -0.25) is 4.79 Å². The van der Waals surface area contributed by atoms with E-state index in [1.165, 1.54) is 0 Å².